The summed E-state index contributed by atoms with van der Waals surface area (Å²) in [5.41, 5.74) is 0.478. The van der Waals surface area contributed by atoms with E-state index >= 15 is 0 Å². The second-order valence-electron chi connectivity index (χ2n) is 3.36. The van der Waals surface area contributed by atoms with Crippen LogP contribution in [0.25, 0.3) is 0 Å². The minimum atomic E-state index is -0.0998. The van der Waals surface area contributed by atoms with Crippen LogP contribution < -0.4 is 4.90 Å². The molecule has 2 aromatic rings. The molecule has 1 amide bonds. The maximum atomic E-state index is 12.0. The summed E-state index contributed by atoms with van der Waals surface area (Å²) in [5, 5.41) is 10.5. The van der Waals surface area contributed by atoms with Gasteiger partial charge >= 0.3 is 0 Å². The Kier molecular flexibility index (Phi) is 3.17. The van der Waals surface area contributed by atoms with E-state index < -0.39 is 0 Å². The van der Waals surface area contributed by atoms with Crippen LogP contribution in [0.1, 0.15) is 15.2 Å². The van der Waals surface area contributed by atoms with Crippen LogP contribution >= 0.6 is 11.3 Å². The summed E-state index contributed by atoms with van der Waals surface area (Å²) in [6.07, 6.45) is 1.45. The largest absolute Gasteiger partial charge is 0.295 e. The highest BCUT2D eigenvalue weighted by atomic mass is 32.1. The standard InChI is InChI=1S/C12H9N3OS/c1-15(12(16)10-3-2-6-17-10)11-5-4-9(7-13)8-14-11/h2-6,8H,1H3. The van der Waals surface area contributed by atoms with E-state index in [4.69, 9.17) is 5.26 Å². The van der Waals surface area contributed by atoms with Gasteiger partial charge in [-0.05, 0) is 23.6 Å². The fraction of sp³-hybridized carbons (Fsp3) is 0.0833. The Morgan fingerprint density at radius 1 is 1.47 bits per heavy atom. The molecule has 2 heterocycles. The molecule has 0 aliphatic heterocycles. The first-order chi connectivity index (χ1) is 8.22. The van der Waals surface area contributed by atoms with Gasteiger partial charge in [-0.1, -0.05) is 6.07 Å². The van der Waals surface area contributed by atoms with Crippen LogP contribution in [-0.2, 0) is 0 Å². The molecule has 2 aromatic heterocycles. The summed E-state index contributed by atoms with van der Waals surface area (Å²) < 4.78 is 0. The molecule has 0 fully saturated rings. The fourth-order valence-electron chi connectivity index (χ4n) is 1.32. The van der Waals surface area contributed by atoms with Crippen LogP contribution in [-0.4, -0.2) is 17.9 Å². The highest BCUT2D eigenvalue weighted by molar-refractivity contribution is 7.12. The Morgan fingerprint density at radius 3 is 2.82 bits per heavy atom. The third kappa shape index (κ3) is 2.32. The number of carbonyl (C=O) groups is 1. The summed E-state index contributed by atoms with van der Waals surface area (Å²) in [5.74, 6) is 0.430. The second kappa shape index (κ2) is 4.76. The molecule has 0 saturated carbocycles. The molecule has 0 aliphatic rings. The number of rotatable bonds is 2. The van der Waals surface area contributed by atoms with E-state index in [1.165, 1.54) is 22.4 Å². The molecular weight excluding hydrogens is 234 g/mol. The fourth-order valence-corrected chi connectivity index (χ4v) is 2.02. The molecule has 0 saturated heterocycles. The van der Waals surface area contributed by atoms with Crippen LogP contribution in [0.5, 0.6) is 0 Å². The van der Waals surface area contributed by atoms with Crippen molar-refractivity contribution in [1.29, 1.82) is 5.26 Å². The number of thiophene rings is 1. The normalized spacial score (nSPS) is 9.65. The Bertz CT molecular complexity index is 554. The van der Waals surface area contributed by atoms with Gasteiger partial charge in [0.25, 0.3) is 5.91 Å². The van der Waals surface area contributed by atoms with Gasteiger partial charge in [-0.2, -0.15) is 5.26 Å². The molecule has 0 aromatic carbocycles. The molecule has 0 radical (unpaired) electrons. The van der Waals surface area contributed by atoms with Crippen molar-refractivity contribution >= 4 is 23.1 Å². The minimum Gasteiger partial charge on any atom is -0.295 e. The SMILES string of the molecule is CN(C(=O)c1cccs1)c1ccc(C#N)cn1. The smallest absolute Gasteiger partial charge is 0.269 e. The van der Waals surface area contributed by atoms with Crippen molar-refractivity contribution in [2.45, 2.75) is 0 Å². The predicted octanol–water partition coefficient (Wildman–Crippen LogP) is 2.29. The third-order valence-electron chi connectivity index (χ3n) is 2.26. The van der Waals surface area contributed by atoms with E-state index in [0.29, 0.717) is 16.3 Å². The molecule has 84 valence electrons. The third-order valence-corrected chi connectivity index (χ3v) is 3.12. The molecule has 0 unspecified atom stereocenters. The number of nitrogens with zero attached hydrogens (tertiary/aromatic N) is 3. The van der Waals surface area contributed by atoms with Crippen LogP contribution in [0.2, 0.25) is 0 Å². The quantitative estimate of drug-likeness (QED) is 0.813. The lowest BCUT2D eigenvalue weighted by atomic mass is 10.3. The highest BCUT2D eigenvalue weighted by Crippen LogP contribution is 2.16. The predicted molar refractivity (Wildman–Crippen MR) is 66.0 cm³/mol. The number of carbonyl (C=O) groups excluding carboxylic acids is 1. The zero-order chi connectivity index (χ0) is 12.3. The maximum Gasteiger partial charge on any atom is 0.269 e. The van der Waals surface area contributed by atoms with E-state index in [1.807, 2.05) is 17.5 Å². The average Bonchev–Trinajstić information content (AvgIpc) is 2.91. The van der Waals surface area contributed by atoms with Crippen molar-refractivity contribution in [3.63, 3.8) is 0 Å². The van der Waals surface area contributed by atoms with Crippen molar-refractivity contribution in [2.24, 2.45) is 0 Å². The second-order valence-corrected chi connectivity index (χ2v) is 4.31. The maximum absolute atomic E-state index is 12.0. The van der Waals surface area contributed by atoms with E-state index in [2.05, 4.69) is 4.98 Å². The summed E-state index contributed by atoms with van der Waals surface area (Å²) >= 11 is 1.39. The van der Waals surface area contributed by atoms with E-state index in [9.17, 15) is 4.79 Å². The lowest BCUT2D eigenvalue weighted by molar-refractivity contribution is 0.0996. The molecule has 0 N–H and O–H groups in total. The van der Waals surface area contributed by atoms with Crippen LogP contribution in [0.15, 0.2) is 35.8 Å². The van der Waals surface area contributed by atoms with Gasteiger partial charge < -0.3 is 0 Å². The molecule has 2 rings (SSSR count). The Balaban J connectivity index is 2.22. The van der Waals surface area contributed by atoms with Crippen LogP contribution in [0.4, 0.5) is 5.82 Å². The van der Waals surface area contributed by atoms with Crippen LogP contribution in [0, 0.1) is 11.3 Å². The number of pyridine rings is 1. The van der Waals surface area contributed by atoms with E-state index in [-0.39, 0.29) is 5.91 Å². The number of amides is 1. The number of hydrogen-bond donors (Lipinski definition) is 0. The molecule has 5 heteroatoms. The van der Waals surface area contributed by atoms with Crippen molar-refractivity contribution < 1.29 is 4.79 Å². The summed E-state index contributed by atoms with van der Waals surface area (Å²) in [4.78, 5) is 18.2. The molecular formula is C12H9N3OS. The number of aromatic nitrogens is 1. The molecule has 17 heavy (non-hydrogen) atoms. The van der Waals surface area contributed by atoms with Gasteiger partial charge in [0, 0.05) is 13.2 Å². The van der Waals surface area contributed by atoms with E-state index in [1.54, 1.807) is 25.2 Å². The molecule has 4 nitrogen and oxygen atoms in total. The number of nitriles is 1. The molecule has 0 aliphatic carbocycles. The molecule has 0 bridgehead atoms. The van der Waals surface area contributed by atoms with Gasteiger partial charge in [0.1, 0.15) is 11.9 Å². The monoisotopic (exact) mass is 243 g/mol. The molecule has 0 atom stereocenters. The topological polar surface area (TPSA) is 57.0 Å². The number of hydrogen-bond acceptors (Lipinski definition) is 4. The van der Waals surface area contributed by atoms with E-state index in [0.717, 1.165) is 0 Å². The van der Waals surface area contributed by atoms with Gasteiger partial charge in [-0.25, -0.2) is 4.98 Å². The minimum absolute atomic E-state index is 0.0998. The summed E-state index contributed by atoms with van der Waals surface area (Å²) in [7, 11) is 1.66. The zero-order valence-electron chi connectivity index (χ0n) is 9.12. The Hall–Kier alpha value is -2.19. The van der Waals surface area contributed by atoms with Gasteiger partial charge in [-0.3, -0.25) is 9.69 Å². The van der Waals surface area contributed by atoms with Gasteiger partial charge in [-0.15, -0.1) is 11.3 Å². The Morgan fingerprint density at radius 2 is 2.29 bits per heavy atom. The van der Waals surface area contributed by atoms with Crippen molar-refractivity contribution in [3.05, 3.63) is 46.3 Å². The average molecular weight is 243 g/mol. The molecule has 0 spiro atoms. The first-order valence-corrected chi connectivity index (χ1v) is 5.78. The van der Waals surface area contributed by atoms with Gasteiger partial charge in [0.05, 0.1) is 10.4 Å². The highest BCUT2D eigenvalue weighted by Gasteiger charge is 2.14. The van der Waals surface area contributed by atoms with Crippen molar-refractivity contribution in [1.82, 2.24) is 4.98 Å². The van der Waals surface area contributed by atoms with Crippen molar-refractivity contribution in [2.75, 3.05) is 11.9 Å². The first-order valence-electron chi connectivity index (χ1n) is 4.90. The van der Waals surface area contributed by atoms with Crippen LogP contribution in [0.3, 0.4) is 0 Å². The lowest BCUT2D eigenvalue weighted by Crippen LogP contribution is -2.26. The number of anilines is 1. The summed E-state index contributed by atoms with van der Waals surface area (Å²) in [6.45, 7) is 0. The first kappa shape index (κ1) is 11.3. The van der Waals surface area contributed by atoms with Gasteiger partial charge in [0.15, 0.2) is 0 Å². The summed E-state index contributed by atoms with van der Waals surface area (Å²) in [6, 6.07) is 8.88. The van der Waals surface area contributed by atoms with Gasteiger partial charge in [0.2, 0.25) is 0 Å². The lowest BCUT2D eigenvalue weighted by Gasteiger charge is -2.14. The zero-order valence-corrected chi connectivity index (χ0v) is 9.94. The van der Waals surface area contributed by atoms with Crippen molar-refractivity contribution in [3.8, 4) is 6.07 Å². The Labute approximate surface area is 103 Å².